The third kappa shape index (κ3) is 4.82. The zero-order valence-corrected chi connectivity index (χ0v) is 16.2. The number of halogens is 1. The summed E-state index contributed by atoms with van der Waals surface area (Å²) in [5.74, 6) is 2.66. The molecule has 0 spiro atoms. The monoisotopic (exact) mass is 376 g/mol. The highest BCUT2D eigenvalue weighted by Crippen LogP contribution is 2.49. The molecule has 0 amide bonds. The van der Waals surface area contributed by atoms with Gasteiger partial charge in [0.1, 0.15) is 5.82 Å². The summed E-state index contributed by atoms with van der Waals surface area (Å²) in [6.07, 6.45) is 6.46. The lowest BCUT2D eigenvalue weighted by Gasteiger charge is -2.37. The average molecular weight is 377 g/mol. The molecule has 4 nitrogen and oxygen atoms in total. The topological polar surface area (TPSA) is 35.9 Å². The van der Waals surface area contributed by atoms with E-state index in [2.05, 4.69) is 9.80 Å². The van der Waals surface area contributed by atoms with Gasteiger partial charge in [0.05, 0.1) is 18.4 Å². The SMILES string of the molecule is O[C@@H](COCC[C@H]1C[C@H]2CC[C@H]1C2)CN1CCN(c2ccccc2F)CC1. The largest absolute Gasteiger partial charge is 0.389 e. The van der Waals surface area contributed by atoms with E-state index in [1.54, 1.807) is 6.07 Å². The molecule has 3 aliphatic rings. The van der Waals surface area contributed by atoms with Crippen molar-refractivity contribution in [2.24, 2.45) is 17.8 Å². The van der Waals surface area contributed by atoms with Gasteiger partial charge >= 0.3 is 0 Å². The molecule has 1 aromatic carbocycles. The lowest BCUT2D eigenvalue weighted by Crippen LogP contribution is -2.49. The van der Waals surface area contributed by atoms with Gasteiger partial charge in [-0.1, -0.05) is 18.6 Å². The van der Waals surface area contributed by atoms with Crippen LogP contribution in [0, 0.1) is 23.6 Å². The second-order valence-corrected chi connectivity index (χ2v) is 8.69. The van der Waals surface area contributed by atoms with Crippen molar-refractivity contribution < 1.29 is 14.2 Å². The number of piperazine rings is 1. The zero-order chi connectivity index (χ0) is 18.6. The van der Waals surface area contributed by atoms with Crippen molar-refractivity contribution in [1.29, 1.82) is 0 Å². The van der Waals surface area contributed by atoms with E-state index in [4.69, 9.17) is 4.74 Å². The van der Waals surface area contributed by atoms with Gasteiger partial charge in [0.15, 0.2) is 0 Å². The third-order valence-corrected chi connectivity index (χ3v) is 6.86. The van der Waals surface area contributed by atoms with E-state index < -0.39 is 6.10 Å². The fourth-order valence-corrected chi connectivity index (χ4v) is 5.41. The summed E-state index contributed by atoms with van der Waals surface area (Å²) in [7, 11) is 0. The van der Waals surface area contributed by atoms with E-state index in [-0.39, 0.29) is 5.82 Å². The number of aliphatic hydroxyl groups excluding tert-OH is 1. The number of ether oxygens (including phenoxy) is 1. The van der Waals surface area contributed by atoms with Crippen molar-refractivity contribution in [3.05, 3.63) is 30.1 Å². The minimum Gasteiger partial charge on any atom is -0.389 e. The number of hydrogen-bond donors (Lipinski definition) is 1. The molecule has 4 rings (SSSR count). The maximum absolute atomic E-state index is 13.9. The van der Waals surface area contributed by atoms with E-state index in [0.717, 1.165) is 57.0 Å². The standard InChI is InChI=1S/C22H33FN2O2/c23-21-3-1-2-4-22(21)25-10-8-24(9-11-25)15-20(26)16-27-12-7-19-14-17-5-6-18(19)13-17/h1-4,17-20,26H,5-16H2/t17-,18-,19-,20+/m0/s1. The lowest BCUT2D eigenvalue weighted by atomic mass is 9.87. The van der Waals surface area contributed by atoms with Crippen molar-refractivity contribution in [3.8, 4) is 0 Å². The number of nitrogens with zero attached hydrogens (tertiary/aromatic N) is 2. The van der Waals surface area contributed by atoms with Gasteiger partial charge in [-0.25, -0.2) is 4.39 Å². The van der Waals surface area contributed by atoms with Crippen LogP contribution in [-0.2, 0) is 4.74 Å². The van der Waals surface area contributed by atoms with Crippen molar-refractivity contribution in [2.45, 2.75) is 38.2 Å². The van der Waals surface area contributed by atoms with Crippen molar-refractivity contribution in [2.75, 3.05) is 50.8 Å². The zero-order valence-electron chi connectivity index (χ0n) is 16.2. The number of anilines is 1. The maximum atomic E-state index is 13.9. The fourth-order valence-electron chi connectivity index (χ4n) is 5.41. The van der Waals surface area contributed by atoms with E-state index in [9.17, 15) is 9.50 Å². The second kappa shape index (κ2) is 8.89. The molecule has 0 radical (unpaired) electrons. The molecule has 27 heavy (non-hydrogen) atoms. The fraction of sp³-hybridized carbons (Fsp3) is 0.727. The molecule has 1 aromatic rings. The predicted molar refractivity (Wildman–Crippen MR) is 105 cm³/mol. The Morgan fingerprint density at radius 3 is 2.63 bits per heavy atom. The first-order valence-corrected chi connectivity index (χ1v) is 10.7. The molecule has 1 saturated heterocycles. The highest BCUT2D eigenvalue weighted by Gasteiger charge is 2.38. The highest BCUT2D eigenvalue weighted by atomic mass is 19.1. The van der Waals surface area contributed by atoms with Crippen LogP contribution in [0.25, 0.3) is 0 Å². The van der Waals surface area contributed by atoms with Gasteiger partial charge < -0.3 is 14.7 Å². The number of β-amino-alcohol motifs (C(OH)–C–C–N with tert-alkyl or cyclic N) is 1. The van der Waals surface area contributed by atoms with Crippen LogP contribution in [-0.4, -0.2) is 62.0 Å². The molecular weight excluding hydrogens is 343 g/mol. The second-order valence-electron chi connectivity index (χ2n) is 8.69. The Hall–Kier alpha value is -1.17. The molecule has 5 heteroatoms. The first-order chi connectivity index (χ1) is 13.2. The quantitative estimate of drug-likeness (QED) is 0.707. The van der Waals surface area contributed by atoms with Crippen LogP contribution in [0.3, 0.4) is 0 Å². The molecule has 1 aliphatic heterocycles. The Labute approximate surface area is 162 Å². The lowest BCUT2D eigenvalue weighted by molar-refractivity contribution is 0.0100. The van der Waals surface area contributed by atoms with Crippen molar-refractivity contribution in [3.63, 3.8) is 0 Å². The number of hydrogen-bond acceptors (Lipinski definition) is 4. The van der Waals surface area contributed by atoms with Gasteiger partial charge in [-0.15, -0.1) is 0 Å². The molecule has 150 valence electrons. The molecule has 1 N–H and O–H groups in total. The molecular formula is C22H33FN2O2. The average Bonchev–Trinajstić information content (AvgIpc) is 3.30. The summed E-state index contributed by atoms with van der Waals surface area (Å²) < 4.78 is 19.7. The van der Waals surface area contributed by atoms with Crippen molar-refractivity contribution in [1.82, 2.24) is 4.90 Å². The molecule has 1 heterocycles. The predicted octanol–water partition coefficient (Wildman–Crippen LogP) is 3.15. The summed E-state index contributed by atoms with van der Waals surface area (Å²) in [5.41, 5.74) is 0.682. The Kier molecular flexibility index (Phi) is 6.31. The van der Waals surface area contributed by atoms with Crippen LogP contribution >= 0.6 is 0 Å². The summed E-state index contributed by atoms with van der Waals surface area (Å²) in [4.78, 5) is 4.34. The molecule has 4 atom stereocenters. The minimum atomic E-state index is -0.440. The van der Waals surface area contributed by atoms with Crippen LogP contribution in [0.2, 0.25) is 0 Å². The van der Waals surface area contributed by atoms with Gasteiger partial charge in [-0.05, 0) is 55.6 Å². The third-order valence-electron chi connectivity index (χ3n) is 6.86. The Morgan fingerprint density at radius 1 is 1.11 bits per heavy atom. The van der Waals surface area contributed by atoms with Crippen LogP contribution in [0.15, 0.2) is 24.3 Å². The van der Waals surface area contributed by atoms with Gasteiger partial charge in [0.25, 0.3) is 0 Å². The van der Waals surface area contributed by atoms with Gasteiger partial charge in [-0.2, -0.15) is 0 Å². The van der Waals surface area contributed by atoms with Crippen LogP contribution in [0.1, 0.15) is 32.1 Å². The number of fused-ring (bicyclic) bond motifs is 2. The first-order valence-electron chi connectivity index (χ1n) is 10.7. The summed E-state index contributed by atoms with van der Waals surface area (Å²) in [6, 6.07) is 6.95. The normalized spacial score (nSPS) is 29.4. The van der Waals surface area contributed by atoms with Crippen LogP contribution < -0.4 is 4.90 Å². The molecule has 3 fully saturated rings. The van der Waals surface area contributed by atoms with E-state index in [1.165, 1.54) is 31.7 Å². The van der Waals surface area contributed by atoms with Crippen LogP contribution in [0.5, 0.6) is 0 Å². The van der Waals surface area contributed by atoms with Gasteiger partial charge in [0, 0.05) is 39.3 Å². The van der Waals surface area contributed by atoms with Crippen LogP contribution in [0.4, 0.5) is 10.1 Å². The smallest absolute Gasteiger partial charge is 0.146 e. The molecule has 0 unspecified atom stereocenters. The maximum Gasteiger partial charge on any atom is 0.146 e. The number of rotatable bonds is 8. The minimum absolute atomic E-state index is 0.158. The highest BCUT2D eigenvalue weighted by molar-refractivity contribution is 5.47. The van der Waals surface area contributed by atoms with E-state index >= 15 is 0 Å². The van der Waals surface area contributed by atoms with Gasteiger partial charge in [0.2, 0.25) is 0 Å². The van der Waals surface area contributed by atoms with E-state index in [0.29, 0.717) is 18.8 Å². The van der Waals surface area contributed by atoms with Gasteiger partial charge in [-0.3, -0.25) is 4.90 Å². The molecule has 0 aromatic heterocycles. The Bertz CT molecular complexity index is 606. The summed E-state index contributed by atoms with van der Waals surface area (Å²) >= 11 is 0. The number of benzene rings is 1. The first kappa shape index (κ1) is 19.2. The molecule has 2 aliphatic carbocycles. The summed E-state index contributed by atoms with van der Waals surface area (Å²) in [5, 5.41) is 10.3. The molecule has 2 bridgehead atoms. The van der Waals surface area contributed by atoms with E-state index in [1.807, 2.05) is 12.1 Å². The number of para-hydroxylation sites is 1. The Balaban J connectivity index is 1.11. The molecule has 2 saturated carbocycles. The van der Waals surface area contributed by atoms with Crippen molar-refractivity contribution >= 4 is 5.69 Å². The number of aliphatic hydroxyl groups is 1. The summed E-state index contributed by atoms with van der Waals surface area (Å²) in [6.45, 7) is 5.12. The Morgan fingerprint density at radius 2 is 1.93 bits per heavy atom.